The van der Waals surface area contributed by atoms with E-state index >= 15 is 0 Å². The van der Waals surface area contributed by atoms with Crippen LogP contribution in [0.15, 0.2) is 73.1 Å². The smallest absolute Gasteiger partial charge is 0.416 e. The zero-order valence-electron chi connectivity index (χ0n) is 18.2. The molecule has 0 aliphatic carbocycles. The fourth-order valence-electron chi connectivity index (χ4n) is 3.55. The van der Waals surface area contributed by atoms with Crippen molar-refractivity contribution in [2.45, 2.75) is 31.7 Å². The highest BCUT2D eigenvalue weighted by Crippen LogP contribution is 2.39. The molecular formula is C26H20Cl2F3NO2S. The van der Waals surface area contributed by atoms with E-state index < -0.39 is 11.7 Å². The van der Waals surface area contributed by atoms with E-state index in [1.54, 1.807) is 18.5 Å². The lowest BCUT2D eigenvalue weighted by atomic mass is 10.1. The number of aryl methyl sites for hydroxylation is 1. The second-order valence-electron chi connectivity index (χ2n) is 7.85. The highest BCUT2D eigenvalue weighted by molar-refractivity contribution is 7.15. The molecule has 35 heavy (non-hydrogen) atoms. The summed E-state index contributed by atoms with van der Waals surface area (Å²) in [4.78, 5) is 5.89. The maximum Gasteiger partial charge on any atom is 0.416 e. The van der Waals surface area contributed by atoms with Gasteiger partial charge in [0.15, 0.2) is 0 Å². The third-order valence-corrected chi connectivity index (χ3v) is 7.57. The highest BCUT2D eigenvalue weighted by atomic mass is 35.5. The molecule has 1 unspecified atom stereocenters. The average molecular weight is 538 g/mol. The zero-order chi connectivity index (χ0) is 25.0. The molecule has 3 nitrogen and oxygen atoms in total. The lowest BCUT2D eigenvalue weighted by Gasteiger charge is -2.18. The van der Waals surface area contributed by atoms with Crippen molar-refractivity contribution >= 4 is 34.5 Å². The first-order valence-corrected chi connectivity index (χ1v) is 12.2. The minimum absolute atomic E-state index is 0.0794. The van der Waals surface area contributed by atoms with Gasteiger partial charge >= 0.3 is 6.18 Å². The Balaban J connectivity index is 1.55. The number of pyridine rings is 1. The van der Waals surface area contributed by atoms with Crippen molar-refractivity contribution in [3.05, 3.63) is 105 Å². The maximum absolute atomic E-state index is 12.9. The van der Waals surface area contributed by atoms with E-state index in [0.717, 1.165) is 33.0 Å². The summed E-state index contributed by atoms with van der Waals surface area (Å²) in [5.41, 5.74) is 1.72. The highest BCUT2D eigenvalue weighted by Gasteiger charge is 2.30. The van der Waals surface area contributed by atoms with Gasteiger partial charge in [-0.15, -0.1) is 11.3 Å². The number of hydrogen-bond acceptors (Lipinski definition) is 4. The van der Waals surface area contributed by atoms with Gasteiger partial charge in [-0.2, -0.15) is 13.2 Å². The lowest BCUT2D eigenvalue weighted by Crippen LogP contribution is -2.05. The Bertz CT molecular complexity index is 1280. The molecule has 2 aromatic carbocycles. The Kier molecular flexibility index (Phi) is 8.02. The molecule has 0 saturated heterocycles. The van der Waals surface area contributed by atoms with Gasteiger partial charge in [0.1, 0.15) is 10.8 Å². The Morgan fingerprint density at radius 2 is 1.74 bits per heavy atom. The number of thiophene rings is 1. The monoisotopic (exact) mass is 537 g/mol. The molecule has 182 valence electrons. The number of benzene rings is 2. The molecule has 4 rings (SSSR count). The van der Waals surface area contributed by atoms with Crippen LogP contribution in [0.25, 0.3) is 10.4 Å². The Hall–Kier alpha value is -2.58. The van der Waals surface area contributed by atoms with Gasteiger partial charge in [-0.3, -0.25) is 4.98 Å². The van der Waals surface area contributed by atoms with E-state index in [1.165, 1.54) is 29.5 Å². The summed E-state index contributed by atoms with van der Waals surface area (Å²) in [6.07, 6.45) is -0.129. The van der Waals surface area contributed by atoms with Crippen LogP contribution < -0.4 is 0 Å². The molecule has 0 aliphatic rings. The van der Waals surface area contributed by atoms with Crippen LogP contribution in [-0.4, -0.2) is 10.1 Å². The topological polar surface area (TPSA) is 42.4 Å². The Labute approximate surface area is 214 Å². The summed E-state index contributed by atoms with van der Waals surface area (Å²) in [6, 6.07) is 15.9. The van der Waals surface area contributed by atoms with Crippen LogP contribution in [0, 0.1) is 0 Å². The number of phenols is 1. The summed E-state index contributed by atoms with van der Waals surface area (Å²) < 4.78 is 45.0. The van der Waals surface area contributed by atoms with E-state index in [9.17, 15) is 18.3 Å². The Morgan fingerprint density at radius 1 is 0.971 bits per heavy atom. The molecule has 0 fully saturated rings. The first-order chi connectivity index (χ1) is 16.7. The van der Waals surface area contributed by atoms with Crippen LogP contribution in [0.3, 0.4) is 0 Å². The number of halogens is 5. The summed E-state index contributed by atoms with van der Waals surface area (Å²) in [5.74, 6) is -0.0794. The Morgan fingerprint density at radius 3 is 2.43 bits per heavy atom. The quantitative estimate of drug-likeness (QED) is 0.244. The largest absolute Gasteiger partial charge is 0.506 e. The van der Waals surface area contributed by atoms with Gasteiger partial charge in [-0.1, -0.05) is 47.5 Å². The fourth-order valence-corrected chi connectivity index (χ4v) is 5.09. The number of ether oxygens (including phenoxy) is 1. The molecular weight excluding hydrogens is 518 g/mol. The van der Waals surface area contributed by atoms with Crippen molar-refractivity contribution < 1.29 is 23.0 Å². The van der Waals surface area contributed by atoms with Crippen LogP contribution in [0.1, 0.15) is 34.1 Å². The van der Waals surface area contributed by atoms with Crippen molar-refractivity contribution in [1.29, 1.82) is 0 Å². The van der Waals surface area contributed by atoms with Crippen LogP contribution >= 0.6 is 34.5 Å². The summed E-state index contributed by atoms with van der Waals surface area (Å²) in [7, 11) is 0. The molecule has 0 amide bonds. The van der Waals surface area contributed by atoms with Gasteiger partial charge in [-0.05, 0) is 65.9 Å². The van der Waals surface area contributed by atoms with Crippen molar-refractivity contribution in [3.8, 4) is 16.2 Å². The molecule has 0 radical (unpaired) electrons. The minimum atomic E-state index is -4.37. The molecule has 1 N–H and O–H groups in total. The van der Waals surface area contributed by atoms with E-state index in [4.69, 9.17) is 27.9 Å². The van der Waals surface area contributed by atoms with Gasteiger partial charge in [0.05, 0.1) is 23.3 Å². The maximum atomic E-state index is 12.9. The van der Waals surface area contributed by atoms with Gasteiger partial charge in [0.25, 0.3) is 0 Å². The number of hydrogen-bond donors (Lipinski definition) is 1. The van der Waals surface area contributed by atoms with E-state index in [0.29, 0.717) is 30.0 Å². The van der Waals surface area contributed by atoms with Crippen LogP contribution in [0.2, 0.25) is 10.0 Å². The third kappa shape index (κ3) is 6.35. The lowest BCUT2D eigenvalue weighted by molar-refractivity contribution is -0.137. The molecule has 4 aromatic rings. The molecule has 9 heteroatoms. The number of alkyl halides is 3. The standard InChI is InChI=1S/C26H20Cl2F3NO2S/c27-24-18(5-9-20(33)25(24)28)6-10-21(34-15-16-2-1-13-32-14-16)23-12-11-22(35-23)17-3-7-19(8-4-17)26(29,30)31/h1-5,7-9,11-14,21,33H,6,10,15H2. The van der Waals surface area contributed by atoms with Crippen molar-refractivity contribution in [2.24, 2.45) is 0 Å². The second-order valence-corrected chi connectivity index (χ2v) is 9.72. The molecule has 0 bridgehead atoms. The summed E-state index contributed by atoms with van der Waals surface area (Å²) in [5, 5.41) is 10.2. The van der Waals surface area contributed by atoms with E-state index in [1.807, 2.05) is 24.3 Å². The molecule has 0 saturated carbocycles. The summed E-state index contributed by atoms with van der Waals surface area (Å²) in [6.45, 7) is 0.343. The number of phenolic OH excluding ortho intramolecular Hbond substituents is 1. The summed E-state index contributed by atoms with van der Waals surface area (Å²) >= 11 is 13.9. The molecule has 0 spiro atoms. The first kappa shape index (κ1) is 25.5. The SMILES string of the molecule is Oc1ccc(CCC(OCc2cccnc2)c2ccc(-c3ccc(C(F)(F)F)cc3)s2)c(Cl)c1Cl. The van der Waals surface area contributed by atoms with E-state index in [-0.39, 0.29) is 16.9 Å². The first-order valence-electron chi connectivity index (χ1n) is 10.7. The minimum Gasteiger partial charge on any atom is -0.506 e. The third-order valence-electron chi connectivity index (χ3n) is 5.43. The van der Waals surface area contributed by atoms with Crippen LogP contribution in [0.4, 0.5) is 13.2 Å². The van der Waals surface area contributed by atoms with Gasteiger partial charge < -0.3 is 9.84 Å². The molecule has 2 heterocycles. The normalized spacial score (nSPS) is 12.6. The average Bonchev–Trinajstić information content (AvgIpc) is 3.34. The number of nitrogens with zero attached hydrogens (tertiary/aromatic N) is 1. The predicted molar refractivity (Wildman–Crippen MR) is 133 cm³/mol. The number of aromatic nitrogens is 1. The fraction of sp³-hybridized carbons (Fsp3) is 0.192. The molecule has 1 atom stereocenters. The molecule has 2 aromatic heterocycles. The molecule has 0 aliphatic heterocycles. The predicted octanol–water partition coefficient (Wildman–Crippen LogP) is 8.73. The van der Waals surface area contributed by atoms with Gasteiger partial charge in [0.2, 0.25) is 0 Å². The van der Waals surface area contributed by atoms with Crippen molar-refractivity contribution in [2.75, 3.05) is 0 Å². The van der Waals surface area contributed by atoms with Crippen LogP contribution in [0.5, 0.6) is 5.75 Å². The van der Waals surface area contributed by atoms with Crippen LogP contribution in [-0.2, 0) is 23.9 Å². The van der Waals surface area contributed by atoms with Crippen molar-refractivity contribution in [3.63, 3.8) is 0 Å². The number of aromatic hydroxyl groups is 1. The van der Waals surface area contributed by atoms with Gasteiger partial charge in [-0.25, -0.2) is 0 Å². The zero-order valence-corrected chi connectivity index (χ0v) is 20.6. The van der Waals surface area contributed by atoms with Crippen molar-refractivity contribution in [1.82, 2.24) is 4.98 Å². The van der Waals surface area contributed by atoms with E-state index in [2.05, 4.69) is 4.98 Å². The number of rotatable bonds is 8. The second kappa shape index (κ2) is 11.0. The van der Waals surface area contributed by atoms with Gasteiger partial charge in [0, 0.05) is 22.1 Å².